The SMILES string of the molecule is CCN(CC)c1ccc(NC(=O)c2cc3cc(OC)ccc3oc2=O)cc1. The first-order valence-electron chi connectivity index (χ1n) is 8.84. The van der Waals surface area contributed by atoms with Crippen LogP contribution < -0.4 is 20.6 Å². The van der Waals surface area contributed by atoms with Gasteiger partial charge in [-0.25, -0.2) is 4.79 Å². The van der Waals surface area contributed by atoms with Crippen molar-refractivity contribution in [1.82, 2.24) is 0 Å². The fourth-order valence-corrected chi connectivity index (χ4v) is 2.93. The summed E-state index contributed by atoms with van der Waals surface area (Å²) in [6.07, 6.45) is 0. The molecule has 0 unspecified atom stereocenters. The summed E-state index contributed by atoms with van der Waals surface area (Å²) in [4.78, 5) is 26.9. The smallest absolute Gasteiger partial charge is 0.349 e. The zero-order chi connectivity index (χ0) is 19.4. The topological polar surface area (TPSA) is 71.8 Å². The highest BCUT2D eigenvalue weighted by atomic mass is 16.5. The van der Waals surface area contributed by atoms with Crippen LogP contribution in [0, 0.1) is 0 Å². The number of carbonyl (C=O) groups is 1. The zero-order valence-electron chi connectivity index (χ0n) is 15.6. The summed E-state index contributed by atoms with van der Waals surface area (Å²) < 4.78 is 10.4. The fraction of sp³-hybridized carbons (Fsp3) is 0.238. The van der Waals surface area contributed by atoms with Gasteiger partial charge in [0.05, 0.1) is 7.11 Å². The van der Waals surface area contributed by atoms with Gasteiger partial charge in [-0.1, -0.05) is 0 Å². The monoisotopic (exact) mass is 366 g/mol. The van der Waals surface area contributed by atoms with Crippen LogP contribution in [0.2, 0.25) is 0 Å². The predicted octanol–water partition coefficient (Wildman–Crippen LogP) is 3.90. The van der Waals surface area contributed by atoms with Gasteiger partial charge in [-0.15, -0.1) is 0 Å². The summed E-state index contributed by atoms with van der Waals surface area (Å²) in [7, 11) is 1.55. The van der Waals surface area contributed by atoms with Crippen molar-refractivity contribution < 1.29 is 13.9 Å². The molecular weight excluding hydrogens is 344 g/mol. The van der Waals surface area contributed by atoms with Gasteiger partial charge in [0.1, 0.15) is 16.9 Å². The van der Waals surface area contributed by atoms with E-state index >= 15 is 0 Å². The van der Waals surface area contributed by atoms with Crippen LogP contribution >= 0.6 is 0 Å². The summed E-state index contributed by atoms with van der Waals surface area (Å²) >= 11 is 0. The number of carbonyl (C=O) groups excluding carboxylic acids is 1. The Labute approximate surface area is 157 Å². The van der Waals surface area contributed by atoms with Crippen molar-refractivity contribution in [3.63, 3.8) is 0 Å². The molecule has 6 nitrogen and oxygen atoms in total. The van der Waals surface area contributed by atoms with Crippen LogP contribution in [-0.2, 0) is 0 Å². The van der Waals surface area contributed by atoms with Crippen molar-refractivity contribution in [2.75, 3.05) is 30.4 Å². The second-order valence-electron chi connectivity index (χ2n) is 6.02. The van der Waals surface area contributed by atoms with Gasteiger partial charge in [-0.3, -0.25) is 4.79 Å². The van der Waals surface area contributed by atoms with Gasteiger partial charge in [0.25, 0.3) is 5.91 Å². The first kappa shape index (κ1) is 18.5. The Morgan fingerprint density at radius 1 is 1.07 bits per heavy atom. The number of rotatable bonds is 6. The highest BCUT2D eigenvalue weighted by Gasteiger charge is 2.14. The van der Waals surface area contributed by atoms with Crippen molar-refractivity contribution >= 4 is 28.3 Å². The van der Waals surface area contributed by atoms with Crippen molar-refractivity contribution in [3.8, 4) is 5.75 Å². The van der Waals surface area contributed by atoms with E-state index in [1.807, 2.05) is 24.3 Å². The molecule has 6 heteroatoms. The van der Waals surface area contributed by atoms with E-state index in [4.69, 9.17) is 9.15 Å². The van der Waals surface area contributed by atoms with Crippen LogP contribution in [0.25, 0.3) is 11.0 Å². The minimum Gasteiger partial charge on any atom is -0.497 e. The average molecular weight is 366 g/mol. The molecule has 1 heterocycles. The van der Waals surface area contributed by atoms with Crippen LogP contribution in [0.15, 0.2) is 57.7 Å². The lowest BCUT2D eigenvalue weighted by Gasteiger charge is -2.21. The van der Waals surface area contributed by atoms with E-state index in [2.05, 4.69) is 24.1 Å². The second kappa shape index (κ2) is 7.95. The number of hydrogen-bond donors (Lipinski definition) is 1. The molecule has 1 N–H and O–H groups in total. The number of nitrogens with zero attached hydrogens (tertiary/aromatic N) is 1. The molecule has 1 aromatic heterocycles. The van der Waals surface area contributed by atoms with E-state index in [0.717, 1.165) is 18.8 Å². The Hall–Kier alpha value is -3.28. The summed E-state index contributed by atoms with van der Waals surface area (Å²) in [5.74, 6) is 0.110. The standard InChI is InChI=1S/C21H22N2O4/c1-4-23(5-2)16-8-6-15(7-9-16)22-20(24)18-13-14-12-17(26-3)10-11-19(14)27-21(18)25/h6-13H,4-5H2,1-3H3,(H,22,24). The number of nitrogens with one attached hydrogen (secondary N) is 1. The second-order valence-corrected chi connectivity index (χ2v) is 6.02. The largest absolute Gasteiger partial charge is 0.497 e. The summed E-state index contributed by atoms with van der Waals surface area (Å²) in [6, 6.07) is 14.1. The van der Waals surface area contributed by atoms with Gasteiger partial charge >= 0.3 is 5.63 Å². The number of anilines is 2. The fourth-order valence-electron chi connectivity index (χ4n) is 2.93. The van der Waals surface area contributed by atoms with Crippen LogP contribution in [0.3, 0.4) is 0 Å². The molecule has 0 atom stereocenters. The van der Waals surface area contributed by atoms with Gasteiger partial charge in [0, 0.05) is 29.9 Å². The maximum Gasteiger partial charge on any atom is 0.349 e. The highest BCUT2D eigenvalue weighted by Crippen LogP contribution is 2.21. The Morgan fingerprint density at radius 2 is 1.78 bits per heavy atom. The van der Waals surface area contributed by atoms with Crippen LogP contribution in [0.5, 0.6) is 5.75 Å². The molecule has 3 rings (SSSR count). The van der Waals surface area contributed by atoms with Gasteiger partial charge in [0.15, 0.2) is 0 Å². The molecule has 0 saturated heterocycles. The third-order valence-corrected chi connectivity index (χ3v) is 4.44. The summed E-state index contributed by atoms with van der Waals surface area (Å²) in [6.45, 7) is 5.99. The maximum atomic E-state index is 12.6. The molecule has 0 radical (unpaired) electrons. The van der Waals surface area contributed by atoms with E-state index in [1.54, 1.807) is 25.3 Å². The van der Waals surface area contributed by atoms with Gasteiger partial charge < -0.3 is 19.4 Å². The number of benzene rings is 2. The average Bonchev–Trinajstić information content (AvgIpc) is 2.69. The quantitative estimate of drug-likeness (QED) is 0.670. The number of ether oxygens (including phenoxy) is 1. The van der Waals surface area contributed by atoms with E-state index in [0.29, 0.717) is 22.4 Å². The highest BCUT2D eigenvalue weighted by molar-refractivity contribution is 6.05. The van der Waals surface area contributed by atoms with Crippen molar-refractivity contribution in [1.29, 1.82) is 0 Å². The van der Waals surface area contributed by atoms with Crippen molar-refractivity contribution in [2.24, 2.45) is 0 Å². The third kappa shape index (κ3) is 3.95. The molecule has 2 aromatic carbocycles. The Balaban J connectivity index is 1.85. The molecule has 1 amide bonds. The Morgan fingerprint density at radius 3 is 2.41 bits per heavy atom. The molecule has 0 fully saturated rings. The van der Waals surface area contributed by atoms with Crippen LogP contribution in [-0.4, -0.2) is 26.1 Å². The molecule has 0 spiro atoms. The summed E-state index contributed by atoms with van der Waals surface area (Å²) in [5.41, 5.74) is 1.37. The van der Waals surface area contributed by atoms with E-state index < -0.39 is 11.5 Å². The minimum atomic E-state index is -0.676. The van der Waals surface area contributed by atoms with Crippen LogP contribution in [0.4, 0.5) is 11.4 Å². The molecule has 140 valence electrons. The molecule has 0 aliphatic carbocycles. The van der Waals surface area contributed by atoms with Crippen LogP contribution in [0.1, 0.15) is 24.2 Å². The first-order valence-corrected chi connectivity index (χ1v) is 8.84. The summed E-state index contributed by atoms with van der Waals surface area (Å²) in [5, 5.41) is 3.37. The normalized spacial score (nSPS) is 10.6. The molecule has 3 aromatic rings. The van der Waals surface area contributed by atoms with Gasteiger partial charge in [-0.05, 0) is 62.4 Å². The van der Waals surface area contributed by atoms with E-state index in [-0.39, 0.29) is 5.56 Å². The molecule has 27 heavy (non-hydrogen) atoms. The number of amides is 1. The number of methoxy groups -OCH3 is 1. The molecule has 0 aliphatic heterocycles. The maximum absolute atomic E-state index is 12.6. The lowest BCUT2D eigenvalue weighted by atomic mass is 10.1. The minimum absolute atomic E-state index is 0.0522. The molecule has 0 aliphatic rings. The lowest BCUT2D eigenvalue weighted by Crippen LogP contribution is -2.22. The number of fused-ring (bicyclic) bond motifs is 1. The molecule has 0 bridgehead atoms. The lowest BCUT2D eigenvalue weighted by molar-refractivity contribution is 0.102. The predicted molar refractivity (Wildman–Crippen MR) is 107 cm³/mol. The van der Waals surface area contributed by atoms with E-state index in [1.165, 1.54) is 6.07 Å². The van der Waals surface area contributed by atoms with Gasteiger partial charge in [0.2, 0.25) is 0 Å². The first-order chi connectivity index (χ1) is 13.0. The number of hydrogen-bond acceptors (Lipinski definition) is 5. The molecule has 0 saturated carbocycles. The Bertz CT molecular complexity index is 1000. The van der Waals surface area contributed by atoms with Crippen molar-refractivity contribution in [3.05, 3.63) is 64.5 Å². The van der Waals surface area contributed by atoms with E-state index in [9.17, 15) is 9.59 Å². The zero-order valence-corrected chi connectivity index (χ0v) is 15.6. The van der Waals surface area contributed by atoms with Gasteiger partial charge in [-0.2, -0.15) is 0 Å². The Kier molecular flexibility index (Phi) is 5.45. The third-order valence-electron chi connectivity index (χ3n) is 4.44. The molecular formula is C21H22N2O4. The van der Waals surface area contributed by atoms with Crippen molar-refractivity contribution in [2.45, 2.75) is 13.8 Å².